The molecule has 0 saturated heterocycles. The lowest BCUT2D eigenvalue weighted by Gasteiger charge is -2.06. The molecule has 3 N–H and O–H groups in total. The number of fused-ring (bicyclic) bond motifs is 1. The Balaban J connectivity index is 1.38. The van der Waals surface area contributed by atoms with Crippen molar-refractivity contribution in [2.75, 3.05) is 6.54 Å². The van der Waals surface area contributed by atoms with Crippen molar-refractivity contribution >= 4 is 44.3 Å². The fourth-order valence-corrected chi connectivity index (χ4v) is 3.36. The summed E-state index contributed by atoms with van der Waals surface area (Å²) in [7, 11) is 0. The van der Waals surface area contributed by atoms with E-state index in [0.29, 0.717) is 23.9 Å². The molecule has 0 aliphatic carbocycles. The van der Waals surface area contributed by atoms with Gasteiger partial charge in [0.15, 0.2) is 5.69 Å². The van der Waals surface area contributed by atoms with E-state index in [4.69, 9.17) is 0 Å². The van der Waals surface area contributed by atoms with Crippen molar-refractivity contribution in [1.82, 2.24) is 10.3 Å². The number of unbranched alkanes of at least 4 members (excludes halogenated alkanes) is 2. The van der Waals surface area contributed by atoms with Crippen LogP contribution in [0.4, 0.5) is 5.69 Å². The number of aromatic amines is 1. The van der Waals surface area contributed by atoms with Gasteiger partial charge in [-0.15, -0.1) is 10.2 Å². The number of aromatic nitrogens is 1. The Kier molecular flexibility index (Phi) is 7.13. The van der Waals surface area contributed by atoms with Gasteiger partial charge in [0.05, 0.1) is 11.1 Å². The second-order valence-electron chi connectivity index (χ2n) is 6.51. The van der Waals surface area contributed by atoms with E-state index in [-0.39, 0.29) is 29.8 Å². The molecule has 0 aliphatic rings. The Hall–Kier alpha value is -3.00. The zero-order valence-electron chi connectivity index (χ0n) is 15.7. The Morgan fingerprint density at radius 1 is 1.03 bits per heavy atom. The number of carbonyl (C=O) groups is 2. The highest BCUT2D eigenvalue weighted by atomic mass is 79.9. The van der Waals surface area contributed by atoms with Gasteiger partial charge in [-0.1, -0.05) is 36.8 Å². The highest BCUT2D eigenvalue weighted by molar-refractivity contribution is 9.10. The van der Waals surface area contributed by atoms with Crippen molar-refractivity contribution in [2.45, 2.75) is 25.7 Å². The van der Waals surface area contributed by atoms with E-state index in [1.165, 1.54) is 0 Å². The van der Waals surface area contributed by atoms with Gasteiger partial charge in [0.2, 0.25) is 5.88 Å². The van der Waals surface area contributed by atoms with E-state index in [0.717, 1.165) is 22.8 Å². The Morgan fingerprint density at radius 2 is 1.79 bits per heavy atom. The molecule has 0 radical (unpaired) electrons. The Labute approximate surface area is 176 Å². The quantitative estimate of drug-likeness (QED) is 0.318. The van der Waals surface area contributed by atoms with Crippen molar-refractivity contribution in [1.29, 1.82) is 0 Å². The third-order valence-electron chi connectivity index (χ3n) is 4.39. The third kappa shape index (κ3) is 5.51. The molecular formula is C21H21BrN4O3. The molecule has 1 heterocycles. The van der Waals surface area contributed by atoms with E-state index in [2.05, 4.69) is 36.5 Å². The summed E-state index contributed by atoms with van der Waals surface area (Å²) in [6, 6.07) is 14.5. The number of azo groups is 1. The van der Waals surface area contributed by atoms with E-state index in [9.17, 15) is 14.7 Å². The van der Waals surface area contributed by atoms with Crippen LogP contribution in [0.15, 0.2) is 63.2 Å². The summed E-state index contributed by atoms with van der Waals surface area (Å²) in [5.41, 5.74) is 1.60. The maximum atomic E-state index is 12.1. The predicted octanol–water partition coefficient (Wildman–Crippen LogP) is 5.24. The number of hydrogen-bond donors (Lipinski definition) is 3. The first-order valence-corrected chi connectivity index (χ1v) is 10.1. The maximum absolute atomic E-state index is 12.1. The van der Waals surface area contributed by atoms with Crippen LogP contribution in [0, 0.1) is 0 Å². The van der Waals surface area contributed by atoms with E-state index < -0.39 is 0 Å². The molecule has 0 unspecified atom stereocenters. The number of para-hydroxylation sites is 1. The van der Waals surface area contributed by atoms with Gasteiger partial charge in [-0.2, -0.15) is 0 Å². The fourth-order valence-electron chi connectivity index (χ4n) is 2.89. The van der Waals surface area contributed by atoms with Crippen LogP contribution < -0.4 is 5.32 Å². The molecule has 3 rings (SSSR count). The molecule has 8 heteroatoms. The predicted molar refractivity (Wildman–Crippen MR) is 114 cm³/mol. The van der Waals surface area contributed by atoms with Crippen molar-refractivity contribution in [3.8, 4) is 5.88 Å². The molecule has 0 atom stereocenters. The van der Waals surface area contributed by atoms with Gasteiger partial charge >= 0.3 is 0 Å². The smallest absolute Gasteiger partial charge is 0.264 e. The van der Waals surface area contributed by atoms with Gasteiger partial charge in [-0.05, 0) is 47.0 Å². The molecule has 0 aliphatic heterocycles. The minimum atomic E-state index is -0.341. The first-order chi connectivity index (χ1) is 14.1. The molecule has 0 saturated carbocycles. The molecule has 2 aromatic carbocycles. The monoisotopic (exact) mass is 456 g/mol. The molecule has 29 heavy (non-hydrogen) atoms. The summed E-state index contributed by atoms with van der Waals surface area (Å²) in [6.45, 7) is 0.541. The first-order valence-electron chi connectivity index (χ1n) is 9.33. The molecule has 150 valence electrons. The third-order valence-corrected chi connectivity index (χ3v) is 5.08. The number of nitrogens with zero attached hydrogens (tertiary/aromatic N) is 2. The lowest BCUT2D eigenvalue weighted by atomic mass is 10.2. The summed E-state index contributed by atoms with van der Waals surface area (Å²) in [4.78, 5) is 26.8. The van der Waals surface area contributed by atoms with Gasteiger partial charge in [0, 0.05) is 22.8 Å². The number of aromatic hydroxyl groups is 1. The summed E-state index contributed by atoms with van der Waals surface area (Å²) in [5.74, 6) is -0.573. The lowest BCUT2D eigenvalue weighted by molar-refractivity contribution is -0.118. The fraction of sp³-hybridized carbons (Fsp3) is 0.238. The summed E-state index contributed by atoms with van der Waals surface area (Å²) >= 11 is 3.36. The van der Waals surface area contributed by atoms with Crippen LogP contribution in [-0.4, -0.2) is 28.4 Å². The van der Waals surface area contributed by atoms with Crippen molar-refractivity contribution in [3.63, 3.8) is 0 Å². The van der Waals surface area contributed by atoms with E-state index in [1.54, 1.807) is 12.1 Å². The highest BCUT2D eigenvalue weighted by Gasteiger charge is 2.10. The lowest BCUT2D eigenvalue weighted by Crippen LogP contribution is -2.24. The second-order valence-corrected chi connectivity index (χ2v) is 7.36. The van der Waals surface area contributed by atoms with Crippen molar-refractivity contribution in [3.05, 3.63) is 58.6 Å². The normalized spacial score (nSPS) is 11.2. The van der Waals surface area contributed by atoms with Crippen LogP contribution in [0.1, 0.15) is 36.0 Å². The molecule has 0 bridgehead atoms. The van der Waals surface area contributed by atoms with Crippen LogP contribution in [0.5, 0.6) is 5.88 Å². The summed E-state index contributed by atoms with van der Waals surface area (Å²) < 4.78 is 0.759. The van der Waals surface area contributed by atoms with Gasteiger partial charge < -0.3 is 15.4 Å². The number of halogens is 1. The van der Waals surface area contributed by atoms with Crippen molar-refractivity contribution in [2.24, 2.45) is 10.2 Å². The van der Waals surface area contributed by atoms with Crippen LogP contribution in [0.2, 0.25) is 0 Å². The molecule has 7 nitrogen and oxygen atoms in total. The zero-order valence-corrected chi connectivity index (χ0v) is 17.3. The Bertz CT molecular complexity index is 1050. The standard InChI is InChI=1S/C21H21BrN4O3/c22-16-10-5-3-8-14(16)20(28)23-13-7-1-2-12-18(27)25-26-19-15-9-4-6-11-17(15)24-21(19)29/h3-6,8-11,24,29H,1-2,7,12-13H2,(H,23,28). The molecular weight excluding hydrogens is 436 g/mol. The number of rotatable bonds is 8. The second kappa shape index (κ2) is 9.97. The number of hydrogen-bond acceptors (Lipinski definition) is 4. The van der Waals surface area contributed by atoms with E-state index in [1.807, 2.05) is 36.4 Å². The van der Waals surface area contributed by atoms with Gasteiger partial charge in [-0.25, -0.2) is 0 Å². The highest BCUT2D eigenvalue weighted by Crippen LogP contribution is 2.35. The van der Waals surface area contributed by atoms with Crippen molar-refractivity contribution < 1.29 is 14.7 Å². The minimum Gasteiger partial charge on any atom is -0.493 e. The molecule has 2 amide bonds. The van der Waals surface area contributed by atoms with Crippen LogP contribution >= 0.6 is 15.9 Å². The molecule has 0 fully saturated rings. The molecule has 1 aromatic heterocycles. The minimum absolute atomic E-state index is 0.108. The number of carbonyl (C=O) groups excluding carboxylic acids is 2. The summed E-state index contributed by atoms with van der Waals surface area (Å²) in [6.07, 6.45) is 2.48. The SMILES string of the molecule is O=C(CCCCCNC(=O)c1ccccc1Br)N=Nc1c(O)[nH]c2ccccc12. The first kappa shape index (κ1) is 20.7. The largest absolute Gasteiger partial charge is 0.493 e. The van der Waals surface area contributed by atoms with Crippen LogP contribution in [0.3, 0.4) is 0 Å². The van der Waals surface area contributed by atoms with Gasteiger partial charge in [0.25, 0.3) is 11.8 Å². The van der Waals surface area contributed by atoms with Gasteiger partial charge in [-0.3, -0.25) is 9.59 Å². The number of nitrogens with one attached hydrogen (secondary N) is 2. The topological polar surface area (TPSA) is 107 Å². The average molecular weight is 457 g/mol. The number of amides is 2. The maximum Gasteiger partial charge on any atom is 0.264 e. The zero-order chi connectivity index (χ0) is 20.6. The Morgan fingerprint density at radius 3 is 2.62 bits per heavy atom. The molecule has 3 aromatic rings. The number of H-pyrrole nitrogens is 1. The van der Waals surface area contributed by atoms with Crippen LogP contribution in [0.25, 0.3) is 10.9 Å². The van der Waals surface area contributed by atoms with Crippen LogP contribution in [-0.2, 0) is 4.79 Å². The summed E-state index contributed by atoms with van der Waals surface area (Å²) in [5, 5.41) is 21.1. The number of benzene rings is 2. The average Bonchev–Trinajstić information content (AvgIpc) is 3.04. The van der Waals surface area contributed by atoms with E-state index >= 15 is 0 Å². The van der Waals surface area contributed by atoms with Gasteiger partial charge in [0.1, 0.15) is 0 Å². The molecule has 0 spiro atoms.